The van der Waals surface area contributed by atoms with Crippen molar-refractivity contribution in [2.45, 2.75) is 176 Å². The van der Waals surface area contributed by atoms with E-state index in [1.54, 1.807) is 0 Å². The van der Waals surface area contributed by atoms with Gasteiger partial charge in [-0.05, 0) is 90.7 Å². The molecule has 1 atom stereocenters. The van der Waals surface area contributed by atoms with Gasteiger partial charge in [-0.15, -0.1) is 24.0 Å². The van der Waals surface area contributed by atoms with Crippen LogP contribution in [0, 0.1) is 16.7 Å². The lowest BCUT2D eigenvalue weighted by Crippen LogP contribution is -2.30. The number of nitrogens with zero attached hydrogens (tertiary/aromatic N) is 2. The number of para-hydroxylation sites is 2. The number of halogens is 2. The van der Waals surface area contributed by atoms with Crippen LogP contribution >= 0.6 is 35.6 Å². The van der Waals surface area contributed by atoms with Crippen LogP contribution in [0.5, 0.6) is 0 Å². The highest BCUT2D eigenvalue weighted by Gasteiger charge is 2.38. The molecule has 332 valence electrons. The summed E-state index contributed by atoms with van der Waals surface area (Å²) in [6.07, 6.45) is 41.2. The second-order valence-electron chi connectivity index (χ2n) is 19.8. The average molecular weight is 964 g/mol. The Morgan fingerprint density at radius 2 is 1.19 bits per heavy atom. The molecule has 0 saturated carbocycles. The van der Waals surface area contributed by atoms with Crippen LogP contribution < -0.4 is 21.2 Å². The molecule has 0 aromatic heterocycles. The van der Waals surface area contributed by atoms with Crippen LogP contribution in [0.25, 0.3) is 11.1 Å². The minimum atomic E-state index is -0.132. The van der Waals surface area contributed by atoms with E-state index in [0.717, 1.165) is 47.1 Å². The van der Waals surface area contributed by atoms with Gasteiger partial charge >= 0.3 is 0 Å². The molecule has 0 spiro atoms. The molecule has 2 aromatic rings. The van der Waals surface area contributed by atoms with Crippen LogP contribution in [-0.4, -0.2) is 0 Å². The number of fused-ring (bicyclic) bond motifs is 4. The highest BCUT2D eigenvalue weighted by molar-refractivity contribution is 14.0. The van der Waals surface area contributed by atoms with Gasteiger partial charge < -0.3 is 0 Å². The Hall–Kier alpha value is -3.02. The topological polar surface area (TPSA) is 24.7 Å². The molecular weight excluding hydrogens is 887 g/mol. The van der Waals surface area contributed by atoms with E-state index in [1.165, 1.54) is 164 Å². The van der Waals surface area contributed by atoms with E-state index >= 15 is 0 Å². The third kappa shape index (κ3) is 11.4. The van der Waals surface area contributed by atoms with Crippen LogP contribution in [0.3, 0.4) is 0 Å². The highest BCUT2D eigenvalue weighted by Crippen LogP contribution is 2.49. The molecule has 7 rings (SSSR count). The Bertz CT molecular complexity index is 2390. The van der Waals surface area contributed by atoms with Crippen molar-refractivity contribution >= 4 is 46.7 Å². The molecule has 0 bridgehead atoms. The molecule has 0 amide bonds. The predicted molar refractivity (Wildman–Crippen MR) is 277 cm³/mol. The third-order valence-corrected chi connectivity index (χ3v) is 14.6. The third-order valence-electron chi connectivity index (χ3n) is 14.2. The van der Waals surface area contributed by atoms with Gasteiger partial charge in [0.15, 0.2) is 0 Å². The summed E-state index contributed by atoms with van der Waals surface area (Å²) in [5, 5.41) is 5.80. The van der Waals surface area contributed by atoms with Gasteiger partial charge in [-0.2, -0.15) is 0 Å². The van der Waals surface area contributed by atoms with Gasteiger partial charge in [-0.3, -0.25) is 0 Å². The summed E-state index contributed by atoms with van der Waals surface area (Å²) in [7, 11) is 0. The average Bonchev–Trinajstić information content (AvgIpc) is 3.79. The molecule has 0 saturated heterocycles. The molecule has 1 unspecified atom stereocenters. The number of hydrogen-bond donors (Lipinski definition) is 0. The van der Waals surface area contributed by atoms with E-state index in [2.05, 4.69) is 127 Å². The first kappa shape index (κ1) is 48.4. The summed E-state index contributed by atoms with van der Waals surface area (Å²) >= 11 is 7.49. The van der Waals surface area contributed by atoms with Crippen molar-refractivity contribution in [3.05, 3.63) is 150 Å². The molecule has 3 aliphatic carbocycles. The zero-order valence-electron chi connectivity index (χ0n) is 39.2. The lowest BCUT2D eigenvalue weighted by Gasteiger charge is -2.37. The fourth-order valence-corrected chi connectivity index (χ4v) is 11.1. The normalized spacial score (nSPS) is 21.0. The maximum Gasteiger partial charge on any atom is 0.0716 e. The van der Waals surface area contributed by atoms with E-state index in [4.69, 9.17) is 21.6 Å². The van der Waals surface area contributed by atoms with Gasteiger partial charge in [0.25, 0.3) is 0 Å². The standard InChI is InChI=1S/C58H75ClN2.HI/c1-7-9-11-13-15-17-19-21-30-44-48(57(3,4)40-52-54(44)46-32-23-25-34-50(46)60-52)38-36-42-28-27-29-43(56(42)59)37-39-49-45(31-22-20-18-16-14-12-10-8-2)55-47-33-24-26-35-51(47)61-53(55)41-58(49,5)6;/h23-26,32-41,44H,7-22,27-31H2,1-6H3;1H. The monoisotopic (exact) mass is 962 g/mol. The van der Waals surface area contributed by atoms with Crippen LogP contribution in [0.15, 0.2) is 139 Å². The summed E-state index contributed by atoms with van der Waals surface area (Å²) in [5.74, 6) is 0.355. The highest BCUT2D eigenvalue weighted by atomic mass is 127. The molecule has 5 aliphatic rings. The van der Waals surface area contributed by atoms with E-state index in [0.29, 0.717) is 5.92 Å². The Kier molecular flexibility index (Phi) is 17.8. The fourth-order valence-electron chi connectivity index (χ4n) is 10.8. The number of unbranched alkanes of at least 4 members (excludes halogenated alkanes) is 14. The van der Waals surface area contributed by atoms with Crippen LogP contribution in [0.2, 0.25) is 0 Å². The zero-order valence-corrected chi connectivity index (χ0v) is 42.3. The quantitative estimate of drug-likeness (QED) is 0.0880. The summed E-state index contributed by atoms with van der Waals surface area (Å²) in [6, 6.07) is 17.5. The van der Waals surface area contributed by atoms with Crippen molar-refractivity contribution in [2.24, 2.45) is 26.7 Å². The first-order valence-electron chi connectivity index (χ1n) is 24.7. The number of hydrogen-bond acceptors (Lipinski definition) is 2. The maximum absolute atomic E-state index is 7.49. The molecular formula is C58H76ClIN2. The summed E-state index contributed by atoms with van der Waals surface area (Å²) in [5.41, 5.74) is 11.9. The first-order valence-corrected chi connectivity index (χ1v) is 25.1. The Morgan fingerprint density at radius 3 is 1.87 bits per heavy atom. The molecule has 2 aliphatic heterocycles. The van der Waals surface area contributed by atoms with Gasteiger partial charge in [-0.25, -0.2) is 9.98 Å². The number of rotatable bonds is 21. The smallest absolute Gasteiger partial charge is 0.0716 e. The summed E-state index contributed by atoms with van der Waals surface area (Å²) in [4.78, 5) is 10.3. The second kappa shape index (κ2) is 22.7. The van der Waals surface area contributed by atoms with Crippen molar-refractivity contribution in [2.75, 3.05) is 0 Å². The van der Waals surface area contributed by atoms with Crippen molar-refractivity contribution in [3.8, 4) is 0 Å². The SMILES string of the molecule is CCCCCCCCCCC1=C(C=CC2=C(Cl)C(=CC=C3C(CCCCCCCCCC)C4=c5ccccc5=NC4=CC3(C)C)CCC2)C(C)(C)C=C2N=c3ccccc3=C21.I. The Balaban J connectivity index is 0.00000641. The molecule has 2 heterocycles. The minimum Gasteiger partial charge on any atom is -0.248 e. The molecule has 2 nitrogen and oxygen atoms in total. The Labute approximate surface area is 397 Å². The van der Waals surface area contributed by atoms with E-state index in [1.807, 2.05) is 0 Å². The van der Waals surface area contributed by atoms with E-state index in [9.17, 15) is 0 Å². The lowest BCUT2D eigenvalue weighted by atomic mass is 9.67. The van der Waals surface area contributed by atoms with Crippen molar-refractivity contribution in [1.82, 2.24) is 0 Å². The molecule has 2 aromatic carbocycles. The molecule has 0 fully saturated rings. The lowest BCUT2D eigenvalue weighted by molar-refractivity contribution is 0.463. The van der Waals surface area contributed by atoms with E-state index < -0.39 is 0 Å². The van der Waals surface area contributed by atoms with Crippen LogP contribution in [-0.2, 0) is 0 Å². The number of allylic oxidation sites excluding steroid dienone is 13. The van der Waals surface area contributed by atoms with Crippen LogP contribution in [0.1, 0.15) is 176 Å². The van der Waals surface area contributed by atoms with Crippen molar-refractivity contribution in [3.63, 3.8) is 0 Å². The summed E-state index contributed by atoms with van der Waals surface area (Å²) in [6.45, 7) is 14.1. The van der Waals surface area contributed by atoms with Crippen molar-refractivity contribution in [1.29, 1.82) is 0 Å². The van der Waals surface area contributed by atoms with Gasteiger partial charge in [0, 0.05) is 37.8 Å². The zero-order chi connectivity index (χ0) is 42.8. The van der Waals surface area contributed by atoms with Gasteiger partial charge in [0.1, 0.15) is 0 Å². The van der Waals surface area contributed by atoms with Crippen molar-refractivity contribution < 1.29 is 0 Å². The molecule has 4 heteroatoms. The van der Waals surface area contributed by atoms with E-state index in [-0.39, 0.29) is 34.8 Å². The largest absolute Gasteiger partial charge is 0.248 e. The van der Waals surface area contributed by atoms with Gasteiger partial charge in [0.2, 0.25) is 0 Å². The first-order chi connectivity index (χ1) is 29.6. The van der Waals surface area contributed by atoms with Gasteiger partial charge in [-0.1, -0.05) is 216 Å². The predicted octanol–water partition coefficient (Wildman–Crippen LogP) is 15.5. The molecule has 62 heavy (non-hydrogen) atoms. The van der Waals surface area contributed by atoms with Crippen LogP contribution in [0.4, 0.5) is 0 Å². The number of benzene rings is 2. The summed E-state index contributed by atoms with van der Waals surface area (Å²) < 4.78 is 0. The second-order valence-corrected chi connectivity index (χ2v) is 20.2. The molecule has 0 N–H and O–H groups in total. The molecule has 0 radical (unpaired) electrons. The fraction of sp³-hybridized carbons (Fsp3) is 0.517. The van der Waals surface area contributed by atoms with Gasteiger partial charge in [0.05, 0.1) is 22.1 Å². The minimum absolute atomic E-state index is 0. The Morgan fingerprint density at radius 1 is 0.629 bits per heavy atom. The maximum atomic E-state index is 7.49.